The summed E-state index contributed by atoms with van der Waals surface area (Å²) in [6.45, 7) is 5.91. The molecule has 1 aromatic rings. The Kier molecular flexibility index (Phi) is 6.37. The molecule has 1 aromatic carbocycles. The lowest BCUT2D eigenvalue weighted by atomic mass is 9.94. The summed E-state index contributed by atoms with van der Waals surface area (Å²) in [7, 11) is 0. The van der Waals surface area contributed by atoms with E-state index in [-0.39, 0.29) is 18.2 Å². The monoisotopic (exact) mass is 363 g/mol. The van der Waals surface area contributed by atoms with Crippen molar-refractivity contribution in [3.05, 3.63) is 29.3 Å². The lowest BCUT2D eigenvalue weighted by molar-refractivity contribution is 0.0691. The van der Waals surface area contributed by atoms with E-state index in [1.54, 1.807) is 0 Å². The molecule has 1 aliphatic carbocycles. The van der Waals surface area contributed by atoms with Gasteiger partial charge in [0.1, 0.15) is 0 Å². The standard InChI is InChI=1S/C20H29N3O.ClH/c24-20(17-6-7-19-16(14-17)8-9-21-19)15-22-10-12-23(13-11-22)18-4-2-1-3-5-18;/h6-7,14,18,21H,1-5,8-13,15H2;1H. The zero-order valence-electron chi connectivity index (χ0n) is 15.0. The van der Waals surface area contributed by atoms with Gasteiger partial charge in [0.15, 0.2) is 5.78 Å². The Hall–Kier alpha value is -1.10. The second kappa shape index (κ2) is 8.52. The Morgan fingerprint density at radius 3 is 2.60 bits per heavy atom. The minimum absolute atomic E-state index is 0. The van der Waals surface area contributed by atoms with Crippen molar-refractivity contribution < 1.29 is 4.79 Å². The van der Waals surface area contributed by atoms with Crippen LogP contribution in [0.5, 0.6) is 0 Å². The number of hydrogen-bond acceptors (Lipinski definition) is 4. The second-order valence-corrected chi connectivity index (χ2v) is 7.58. The molecule has 0 aromatic heterocycles. The first-order chi connectivity index (χ1) is 11.8. The third-order valence-electron chi connectivity index (χ3n) is 6.00. The van der Waals surface area contributed by atoms with E-state index in [9.17, 15) is 4.79 Å². The average molecular weight is 364 g/mol. The number of rotatable bonds is 4. The van der Waals surface area contributed by atoms with Crippen LogP contribution in [-0.4, -0.2) is 60.9 Å². The van der Waals surface area contributed by atoms with Gasteiger partial charge in [0.05, 0.1) is 6.54 Å². The minimum atomic E-state index is 0. The van der Waals surface area contributed by atoms with Crippen molar-refractivity contribution in [2.24, 2.45) is 0 Å². The lowest BCUT2D eigenvalue weighted by Crippen LogP contribution is -2.51. The van der Waals surface area contributed by atoms with Crippen molar-refractivity contribution in [1.29, 1.82) is 0 Å². The van der Waals surface area contributed by atoms with Crippen LogP contribution in [0.1, 0.15) is 48.0 Å². The molecule has 0 spiro atoms. The number of anilines is 1. The normalized spacial score (nSPS) is 22.1. The fourth-order valence-electron chi connectivity index (χ4n) is 4.51. The molecule has 0 bridgehead atoms. The molecule has 2 fully saturated rings. The first kappa shape index (κ1) is 18.7. The van der Waals surface area contributed by atoms with Gasteiger partial charge in [-0.05, 0) is 43.0 Å². The van der Waals surface area contributed by atoms with E-state index in [1.807, 2.05) is 6.07 Å². The summed E-state index contributed by atoms with van der Waals surface area (Å²) in [6.07, 6.45) is 8.01. The van der Waals surface area contributed by atoms with Crippen molar-refractivity contribution in [2.75, 3.05) is 44.6 Å². The van der Waals surface area contributed by atoms with Gasteiger partial charge in [-0.3, -0.25) is 14.6 Å². The van der Waals surface area contributed by atoms with Crippen molar-refractivity contribution in [3.8, 4) is 0 Å². The number of ketones is 1. The number of benzene rings is 1. The molecule has 1 saturated carbocycles. The third kappa shape index (κ3) is 4.36. The fraction of sp³-hybridized carbons (Fsp3) is 0.650. The zero-order valence-corrected chi connectivity index (χ0v) is 15.8. The number of nitrogens with one attached hydrogen (secondary N) is 1. The Balaban J connectivity index is 0.00000182. The maximum Gasteiger partial charge on any atom is 0.176 e. The average Bonchev–Trinajstić information content (AvgIpc) is 3.11. The Bertz CT molecular complexity index is 593. The molecule has 4 rings (SSSR count). The molecule has 0 amide bonds. The van der Waals surface area contributed by atoms with Gasteiger partial charge >= 0.3 is 0 Å². The SMILES string of the molecule is Cl.O=C(CN1CCN(C2CCCCC2)CC1)c1ccc2c(c1)CCN2. The van der Waals surface area contributed by atoms with Crippen LogP contribution < -0.4 is 5.32 Å². The summed E-state index contributed by atoms with van der Waals surface area (Å²) in [5, 5.41) is 3.36. The molecular weight excluding hydrogens is 334 g/mol. The summed E-state index contributed by atoms with van der Waals surface area (Å²) in [4.78, 5) is 17.6. The summed E-state index contributed by atoms with van der Waals surface area (Å²) >= 11 is 0. The van der Waals surface area contributed by atoms with Crippen LogP contribution in [0.25, 0.3) is 0 Å². The van der Waals surface area contributed by atoms with Crippen molar-refractivity contribution in [3.63, 3.8) is 0 Å². The van der Waals surface area contributed by atoms with Gasteiger partial charge in [0.25, 0.3) is 0 Å². The van der Waals surface area contributed by atoms with E-state index in [2.05, 4.69) is 27.2 Å². The van der Waals surface area contributed by atoms with E-state index in [0.717, 1.165) is 50.7 Å². The highest BCUT2D eigenvalue weighted by molar-refractivity contribution is 5.98. The first-order valence-corrected chi connectivity index (χ1v) is 9.66. The van der Waals surface area contributed by atoms with E-state index in [1.165, 1.54) is 43.4 Å². The maximum atomic E-state index is 12.6. The summed E-state index contributed by atoms with van der Waals surface area (Å²) < 4.78 is 0. The van der Waals surface area contributed by atoms with E-state index in [0.29, 0.717) is 6.54 Å². The number of carbonyl (C=O) groups is 1. The van der Waals surface area contributed by atoms with E-state index in [4.69, 9.17) is 0 Å². The quantitative estimate of drug-likeness (QED) is 0.833. The van der Waals surface area contributed by atoms with Gasteiger partial charge < -0.3 is 5.32 Å². The number of fused-ring (bicyclic) bond motifs is 1. The van der Waals surface area contributed by atoms with Gasteiger partial charge in [-0.25, -0.2) is 0 Å². The van der Waals surface area contributed by atoms with Crippen molar-refractivity contribution in [2.45, 2.75) is 44.6 Å². The minimum Gasteiger partial charge on any atom is -0.384 e. The molecular formula is C20H30ClN3O. The molecule has 1 saturated heterocycles. The molecule has 0 unspecified atom stereocenters. The third-order valence-corrected chi connectivity index (χ3v) is 6.00. The summed E-state index contributed by atoms with van der Waals surface area (Å²) in [6, 6.07) is 6.95. The van der Waals surface area contributed by atoms with Crippen molar-refractivity contribution >= 4 is 23.9 Å². The second-order valence-electron chi connectivity index (χ2n) is 7.58. The molecule has 3 aliphatic rings. The number of hydrogen-bond donors (Lipinski definition) is 1. The van der Waals surface area contributed by atoms with Gasteiger partial charge in [0, 0.05) is 50.0 Å². The number of piperazine rings is 1. The Labute approximate surface area is 157 Å². The summed E-state index contributed by atoms with van der Waals surface area (Å²) in [5.41, 5.74) is 3.38. The highest BCUT2D eigenvalue weighted by Crippen LogP contribution is 2.25. The largest absolute Gasteiger partial charge is 0.384 e. The Morgan fingerprint density at radius 2 is 1.84 bits per heavy atom. The molecule has 4 nitrogen and oxygen atoms in total. The van der Waals surface area contributed by atoms with Crippen molar-refractivity contribution in [1.82, 2.24) is 9.80 Å². The number of halogens is 1. The summed E-state index contributed by atoms with van der Waals surface area (Å²) in [5.74, 6) is 0.274. The van der Waals surface area contributed by atoms with Crippen LogP contribution in [0.15, 0.2) is 18.2 Å². The topological polar surface area (TPSA) is 35.6 Å². The molecule has 25 heavy (non-hydrogen) atoms. The number of nitrogens with zero attached hydrogens (tertiary/aromatic N) is 2. The van der Waals surface area contributed by atoms with Crippen LogP contribution in [0.3, 0.4) is 0 Å². The predicted octanol–water partition coefficient (Wildman–Crippen LogP) is 3.21. The molecule has 1 N–H and O–H groups in total. The van der Waals surface area contributed by atoms with Gasteiger partial charge in [-0.2, -0.15) is 0 Å². The smallest absolute Gasteiger partial charge is 0.176 e. The van der Waals surface area contributed by atoms with Gasteiger partial charge in [-0.1, -0.05) is 19.3 Å². The highest BCUT2D eigenvalue weighted by Gasteiger charge is 2.26. The molecule has 138 valence electrons. The molecule has 2 aliphatic heterocycles. The van der Waals surface area contributed by atoms with Crippen LogP contribution in [-0.2, 0) is 6.42 Å². The number of Topliss-reactive ketones (excluding diaryl/α,β-unsaturated/α-hetero) is 1. The highest BCUT2D eigenvalue weighted by atomic mass is 35.5. The van der Waals surface area contributed by atoms with E-state index >= 15 is 0 Å². The lowest BCUT2D eigenvalue weighted by Gasteiger charge is -2.40. The zero-order chi connectivity index (χ0) is 16.4. The molecule has 0 radical (unpaired) electrons. The first-order valence-electron chi connectivity index (χ1n) is 9.66. The van der Waals surface area contributed by atoms with Crippen LogP contribution in [0, 0.1) is 0 Å². The van der Waals surface area contributed by atoms with Crippen LogP contribution >= 0.6 is 12.4 Å². The predicted molar refractivity (Wildman–Crippen MR) is 105 cm³/mol. The van der Waals surface area contributed by atoms with Crippen LogP contribution in [0.4, 0.5) is 5.69 Å². The molecule has 0 atom stereocenters. The fourth-order valence-corrected chi connectivity index (χ4v) is 4.51. The molecule has 5 heteroatoms. The Morgan fingerprint density at radius 1 is 1.08 bits per heavy atom. The molecule has 2 heterocycles. The van der Waals surface area contributed by atoms with E-state index < -0.39 is 0 Å². The van der Waals surface area contributed by atoms with Crippen LogP contribution in [0.2, 0.25) is 0 Å². The maximum absolute atomic E-state index is 12.6. The number of carbonyl (C=O) groups excluding carboxylic acids is 1. The van der Waals surface area contributed by atoms with Gasteiger partial charge in [-0.15, -0.1) is 12.4 Å². The van der Waals surface area contributed by atoms with Gasteiger partial charge in [0.2, 0.25) is 0 Å².